The van der Waals surface area contributed by atoms with Crippen LogP contribution in [0, 0.1) is 0 Å². The van der Waals surface area contributed by atoms with E-state index in [0.717, 1.165) is 0 Å². The van der Waals surface area contributed by atoms with Gasteiger partial charge in [-0.15, -0.1) is 0 Å². The van der Waals surface area contributed by atoms with Crippen LogP contribution in [-0.4, -0.2) is 24.4 Å². The molecule has 0 aliphatic heterocycles. The monoisotopic (exact) mass is 196 g/mol. The first kappa shape index (κ1) is 10.3. The molecule has 1 aromatic carbocycles. The van der Waals surface area contributed by atoms with E-state index in [0.29, 0.717) is 11.4 Å². The lowest BCUT2D eigenvalue weighted by atomic mass is 10.3. The van der Waals surface area contributed by atoms with E-state index in [1.54, 1.807) is 24.3 Å². The Balaban J connectivity index is 2.52. The van der Waals surface area contributed by atoms with Crippen LogP contribution in [0.1, 0.15) is 0 Å². The zero-order valence-electron chi connectivity index (χ0n) is 7.56. The molecule has 1 rings (SSSR count). The van der Waals surface area contributed by atoms with Crippen molar-refractivity contribution in [3.8, 4) is 0 Å². The summed E-state index contributed by atoms with van der Waals surface area (Å²) < 4.78 is 4.59. The molecule has 0 unspecified atom stereocenters. The van der Waals surface area contributed by atoms with Crippen LogP contribution in [0.3, 0.4) is 0 Å². The number of aliphatic hydroxyl groups excluding tert-OH is 1. The second kappa shape index (κ2) is 5.08. The Labute approximate surface area is 81.5 Å². The number of amides is 1. The van der Waals surface area contributed by atoms with Crippen molar-refractivity contribution < 1.29 is 14.6 Å². The molecule has 0 heterocycles. The van der Waals surface area contributed by atoms with E-state index >= 15 is 0 Å². The average Bonchev–Trinajstić information content (AvgIpc) is 2.18. The summed E-state index contributed by atoms with van der Waals surface area (Å²) in [5.74, 6) is 0. The number of hydrogen-bond donors (Lipinski definition) is 3. The number of nitrogens with two attached hydrogens (primary N) is 1. The molecule has 0 atom stereocenters. The quantitative estimate of drug-likeness (QED) is 0.624. The highest BCUT2D eigenvalue weighted by Gasteiger charge is 2.04. The third-order valence-corrected chi connectivity index (χ3v) is 1.52. The minimum absolute atomic E-state index is 0.0292. The van der Waals surface area contributed by atoms with E-state index in [1.165, 1.54) is 0 Å². The van der Waals surface area contributed by atoms with Crippen molar-refractivity contribution >= 4 is 17.5 Å². The van der Waals surface area contributed by atoms with Crippen LogP contribution in [0.5, 0.6) is 0 Å². The summed E-state index contributed by atoms with van der Waals surface area (Å²) in [5, 5.41) is 10.9. The Hall–Kier alpha value is -1.75. The molecule has 14 heavy (non-hydrogen) atoms. The number of benzene rings is 1. The topological polar surface area (TPSA) is 84.6 Å². The predicted molar refractivity (Wildman–Crippen MR) is 52.9 cm³/mol. The van der Waals surface area contributed by atoms with Crippen molar-refractivity contribution in [2.75, 3.05) is 24.3 Å². The second-order valence-electron chi connectivity index (χ2n) is 2.57. The predicted octanol–water partition coefficient (Wildman–Crippen LogP) is 0.810. The Morgan fingerprint density at radius 2 is 2.21 bits per heavy atom. The van der Waals surface area contributed by atoms with E-state index < -0.39 is 6.09 Å². The highest BCUT2D eigenvalue weighted by Crippen LogP contribution is 2.16. The summed E-state index contributed by atoms with van der Waals surface area (Å²) in [4.78, 5) is 11.0. The highest BCUT2D eigenvalue weighted by molar-refractivity contribution is 5.88. The summed E-state index contributed by atoms with van der Waals surface area (Å²) in [6.45, 7) is -0.226. The van der Waals surface area contributed by atoms with Crippen molar-refractivity contribution in [1.82, 2.24) is 0 Å². The van der Waals surface area contributed by atoms with Gasteiger partial charge in [-0.25, -0.2) is 4.79 Å². The van der Waals surface area contributed by atoms with Crippen molar-refractivity contribution in [2.45, 2.75) is 0 Å². The van der Waals surface area contributed by atoms with Gasteiger partial charge in [0.1, 0.15) is 6.61 Å². The molecule has 0 aliphatic carbocycles. The molecular formula is C9H12N2O3. The molecule has 0 aliphatic rings. The van der Waals surface area contributed by atoms with Gasteiger partial charge < -0.3 is 15.6 Å². The van der Waals surface area contributed by atoms with Gasteiger partial charge >= 0.3 is 6.09 Å². The number of carbonyl (C=O) groups excluding carboxylic acids is 1. The molecule has 0 fully saturated rings. The Kier molecular flexibility index (Phi) is 3.75. The summed E-state index contributed by atoms with van der Waals surface area (Å²) in [6.07, 6.45) is -0.628. The van der Waals surface area contributed by atoms with Gasteiger partial charge in [0, 0.05) is 0 Å². The van der Waals surface area contributed by atoms with E-state index in [2.05, 4.69) is 10.1 Å². The molecule has 0 saturated carbocycles. The number of anilines is 2. The molecular weight excluding hydrogens is 184 g/mol. The number of aliphatic hydroxyl groups is 1. The average molecular weight is 196 g/mol. The Morgan fingerprint density at radius 1 is 1.50 bits per heavy atom. The van der Waals surface area contributed by atoms with Crippen molar-refractivity contribution in [1.29, 1.82) is 0 Å². The lowest BCUT2D eigenvalue weighted by Crippen LogP contribution is -2.16. The molecule has 0 spiro atoms. The zero-order valence-corrected chi connectivity index (χ0v) is 7.56. The van der Waals surface area contributed by atoms with Gasteiger partial charge in [0.05, 0.1) is 18.0 Å². The minimum atomic E-state index is -0.628. The molecule has 0 saturated heterocycles. The smallest absolute Gasteiger partial charge is 0.411 e. The summed E-state index contributed by atoms with van der Waals surface area (Å²) in [7, 11) is 0. The molecule has 1 aromatic rings. The SMILES string of the molecule is Nc1ccccc1NC(=O)OCCO. The number of rotatable bonds is 3. The number of carbonyl (C=O) groups is 1. The fraction of sp³-hybridized carbons (Fsp3) is 0.222. The molecule has 4 N–H and O–H groups in total. The third kappa shape index (κ3) is 2.95. The Morgan fingerprint density at radius 3 is 2.86 bits per heavy atom. The van der Waals surface area contributed by atoms with Gasteiger partial charge in [0.25, 0.3) is 0 Å². The highest BCUT2D eigenvalue weighted by atomic mass is 16.6. The van der Waals surface area contributed by atoms with E-state index in [1.807, 2.05) is 0 Å². The summed E-state index contributed by atoms with van der Waals surface area (Å²) >= 11 is 0. The van der Waals surface area contributed by atoms with Gasteiger partial charge in [-0.05, 0) is 12.1 Å². The van der Waals surface area contributed by atoms with Gasteiger partial charge in [-0.1, -0.05) is 12.1 Å². The van der Waals surface area contributed by atoms with Crippen molar-refractivity contribution in [3.05, 3.63) is 24.3 Å². The van der Waals surface area contributed by atoms with Gasteiger partial charge in [-0.2, -0.15) is 0 Å². The molecule has 0 bridgehead atoms. The fourth-order valence-corrected chi connectivity index (χ4v) is 0.895. The molecule has 5 heteroatoms. The van der Waals surface area contributed by atoms with E-state index in [-0.39, 0.29) is 13.2 Å². The maximum atomic E-state index is 11.0. The Bertz CT molecular complexity index is 315. The molecule has 0 aromatic heterocycles. The second-order valence-corrected chi connectivity index (χ2v) is 2.57. The van der Waals surface area contributed by atoms with Crippen LogP contribution in [0.2, 0.25) is 0 Å². The number of para-hydroxylation sites is 2. The van der Waals surface area contributed by atoms with Gasteiger partial charge in [0.15, 0.2) is 0 Å². The number of hydrogen-bond acceptors (Lipinski definition) is 4. The van der Waals surface area contributed by atoms with Crippen LogP contribution in [-0.2, 0) is 4.74 Å². The van der Waals surface area contributed by atoms with Crippen LogP contribution < -0.4 is 11.1 Å². The first-order chi connectivity index (χ1) is 6.74. The largest absolute Gasteiger partial charge is 0.447 e. The van der Waals surface area contributed by atoms with Crippen molar-refractivity contribution in [3.63, 3.8) is 0 Å². The van der Waals surface area contributed by atoms with Crippen LogP contribution in [0.25, 0.3) is 0 Å². The third-order valence-electron chi connectivity index (χ3n) is 1.52. The van der Waals surface area contributed by atoms with Crippen LogP contribution in [0.15, 0.2) is 24.3 Å². The van der Waals surface area contributed by atoms with Gasteiger partial charge in [-0.3, -0.25) is 5.32 Å². The van der Waals surface area contributed by atoms with E-state index in [9.17, 15) is 4.79 Å². The number of nitrogens with one attached hydrogen (secondary N) is 1. The normalized spacial score (nSPS) is 9.50. The standard InChI is InChI=1S/C9H12N2O3/c10-7-3-1-2-4-8(7)11-9(13)14-6-5-12/h1-4,12H,5-6,10H2,(H,11,13). The van der Waals surface area contributed by atoms with Crippen molar-refractivity contribution in [2.24, 2.45) is 0 Å². The molecule has 0 radical (unpaired) electrons. The maximum Gasteiger partial charge on any atom is 0.411 e. The van der Waals surface area contributed by atoms with E-state index in [4.69, 9.17) is 10.8 Å². The first-order valence-corrected chi connectivity index (χ1v) is 4.13. The number of ether oxygens (including phenoxy) is 1. The number of nitrogen functional groups attached to an aromatic ring is 1. The lowest BCUT2D eigenvalue weighted by molar-refractivity contribution is 0.131. The van der Waals surface area contributed by atoms with Crippen LogP contribution in [0.4, 0.5) is 16.2 Å². The lowest BCUT2D eigenvalue weighted by Gasteiger charge is -2.07. The summed E-state index contributed by atoms with van der Waals surface area (Å²) in [5.41, 5.74) is 6.54. The molecule has 1 amide bonds. The summed E-state index contributed by atoms with van der Waals surface area (Å²) in [6, 6.07) is 6.84. The molecule has 76 valence electrons. The fourth-order valence-electron chi connectivity index (χ4n) is 0.895. The molecule has 5 nitrogen and oxygen atoms in total. The maximum absolute atomic E-state index is 11.0. The minimum Gasteiger partial charge on any atom is -0.447 e. The zero-order chi connectivity index (χ0) is 10.4. The van der Waals surface area contributed by atoms with Crippen LogP contribution >= 0.6 is 0 Å². The first-order valence-electron chi connectivity index (χ1n) is 4.13. The van der Waals surface area contributed by atoms with Gasteiger partial charge in [0.2, 0.25) is 0 Å².